The smallest absolute Gasteiger partial charge is 0.143 e. The average Bonchev–Trinajstić information content (AvgIpc) is 3.99. The van der Waals surface area contributed by atoms with E-state index in [4.69, 9.17) is 4.42 Å². The predicted octanol–water partition coefficient (Wildman–Crippen LogP) is 15.5. The van der Waals surface area contributed by atoms with Gasteiger partial charge in [0.2, 0.25) is 0 Å². The molecule has 0 radical (unpaired) electrons. The topological polar surface area (TPSA) is 13.1 Å². The molecule has 0 saturated heterocycles. The number of para-hydroxylation sites is 1. The lowest BCUT2D eigenvalue weighted by Crippen LogP contribution is -1.95. The Morgan fingerprint density at radius 1 is 0.500 bits per heavy atom. The van der Waals surface area contributed by atoms with Gasteiger partial charge < -0.3 is 4.42 Å². The first-order valence-electron chi connectivity index (χ1n) is 17.5. The quantitative estimate of drug-likeness (QED) is 0.157. The molecule has 0 spiro atoms. The Morgan fingerprint density at radius 2 is 1.04 bits per heavy atom. The van der Waals surface area contributed by atoms with Gasteiger partial charge in [0.15, 0.2) is 0 Å². The third-order valence-corrected chi connectivity index (χ3v) is 11.8. The van der Waals surface area contributed by atoms with Gasteiger partial charge in [0, 0.05) is 21.9 Å². The zero-order chi connectivity index (χ0) is 34.8. The van der Waals surface area contributed by atoms with Crippen LogP contribution in [0.2, 0.25) is 0 Å². The molecule has 0 saturated carbocycles. The molecule has 3 heteroatoms. The summed E-state index contributed by atoms with van der Waals surface area (Å²) in [5.74, 6) is 0. The van der Waals surface area contributed by atoms with Gasteiger partial charge in [-0.25, -0.2) is 0 Å². The molecule has 10 rings (SSSR count). The standard InChI is InChI=1S/C49H32OS2/c1-3-12-35-33(4-2)46(31-23-25-51-28-31)40-17-9-10-18-41(40)48(35)43-20-11-19-42-34-22-21-30(27-44(34)50-49(42)43)45-36-13-5-7-15-38(36)47(32-24-26-52-29-32)39-16-8-6-14-37(39)45/h3-29H,2H2,1H3/b12-3-. The molecule has 0 aliphatic heterocycles. The van der Waals surface area contributed by atoms with E-state index in [0.29, 0.717) is 0 Å². The SMILES string of the molecule is C=Cc1c(/C=C\C)c(-c2cccc3c2oc2cc(-c4c5ccccc5c(-c5ccsc5)c5ccccc45)ccc23)c2ccccc2c1-c1ccsc1. The van der Waals surface area contributed by atoms with Crippen molar-refractivity contribution in [3.63, 3.8) is 0 Å². The van der Waals surface area contributed by atoms with E-state index in [1.165, 1.54) is 60.1 Å². The maximum atomic E-state index is 7.02. The summed E-state index contributed by atoms with van der Waals surface area (Å²) in [7, 11) is 0. The van der Waals surface area contributed by atoms with Crippen molar-refractivity contribution in [2.24, 2.45) is 0 Å². The molecule has 0 fully saturated rings. The van der Waals surface area contributed by atoms with E-state index in [1.807, 2.05) is 6.08 Å². The minimum atomic E-state index is 0.880. The number of benzene rings is 7. The minimum absolute atomic E-state index is 0.880. The van der Waals surface area contributed by atoms with E-state index >= 15 is 0 Å². The molecule has 0 N–H and O–H groups in total. The first kappa shape index (κ1) is 30.8. The molecule has 7 aromatic carbocycles. The summed E-state index contributed by atoms with van der Waals surface area (Å²) in [5, 5.41) is 18.4. The second-order valence-electron chi connectivity index (χ2n) is 13.2. The van der Waals surface area contributed by atoms with Crippen LogP contribution >= 0.6 is 22.7 Å². The monoisotopic (exact) mass is 700 g/mol. The number of furan rings is 1. The number of thiophene rings is 2. The van der Waals surface area contributed by atoms with Gasteiger partial charge in [0.1, 0.15) is 11.2 Å². The van der Waals surface area contributed by atoms with Crippen molar-refractivity contribution < 1.29 is 4.42 Å². The fraction of sp³-hybridized carbons (Fsp3) is 0.0204. The number of hydrogen-bond acceptors (Lipinski definition) is 3. The molecule has 1 nitrogen and oxygen atoms in total. The van der Waals surface area contributed by atoms with Gasteiger partial charge in [0.25, 0.3) is 0 Å². The summed E-state index contributed by atoms with van der Waals surface area (Å²) in [5.41, 5.74) is 13.7. The number of fused-ring (bicyclic) bond motifs is 6. The van der Waals surface area contributed by atoms with E-state index in [0.717, 1.165) is 49.8 Å². The van der Waals surface area contributed by atoms with Crippen LogP contribution in [0.3, 0.4) is 0 Å². The van der Waals surface area contributed by atoms with Crippen LogP contribution in [0.5, 0.6) is 0 Å². The molecular formula is C49H32OS2. The van der Waals surface area contributed by atoms with Crippen molar-refractivity contribution >= 4 is 89.1 Å². The second-order valence-corrected chi connectivity index (χ2v) is 14.7. The minimum Gasteiger partial charge on any atom is -0.455 e. The van der Waals surface area contributed by atoms with Crippen LogP contribution in [0.25, 0.3) is 111 Å². The molecule has 10 aromatic rings. The largest absolute Gasteiger partial charge is 0.455 e. The lowest BCUT2D eigenvalue weighted by atomic mass is 9.83. The zero-order valence-electron chi connectivity index (χ0n) is 28.5. The first-order valence-corrected chi connectivity index (χ1v) is 19.4. The Morgan fingerprint density at radius 3 is 1.60 bits per heavy atom. The summed E-state index contributed by atoms with van der Waals surface area (Å²) in [6.07, 6.45) is 6.37. The normalized spacial score (nSPS) is 11.9. The van der Waals surface area contributed by atoms with Crippen LogP contribution in [0.4, 0.5) is 0 Å². The zero-order valence-corrected chi connectivity index (χ0v) is 30.2. The predicted molar refractivity (Wildman–Crippen MR) is 229 cm³/mol. The average molecular weight is 701 g/mol. The van der Waals surface area contributed by atoms with Crippen LogP contribution in [0, 0.1) is 0 Å². The molecule has 3 heterocycles. The second kappa shape index (κ2) is 12.3. The van der Waals surface area contributed by atoms with E-state index < -0.39 is 0 Å². The highest BCUT2D eigenvalue weighted by molar-refractivity contribution is 7.08. The van der Waals surface area contributed by atoms with Gasteiger partial charge in [-0.3, -0.25) is 0 Å². The van der Waals surface area contributed by atoms with Crippen LogP contribution < -0.4 is 0 Å². The van der Waals surface area contributed by atoms with Crippen LogP contribution in [-0.4, -0.2) is 0 Å². The van der Waals surface area contributed by atoms with Crippen molar-refractivity contribution in [1.29, 1.82) is 0 Å². The molecule has 0 aliphatic carbocycles. The van der Waals surface area contributed by atoms with Gasteiger partial charge in [-0.1, -0.05) is 122 Å². The highest BCUT2D eigenvalue weighted by Crippen LogP contribution is 2.48. The highest BCUT2D eigenvalue weighted by Gasteiger charge is 2.23. The van der Waals surface area contributed by atoms with Gasteiger partial charge >= 0.3 is 0 Å². The Labute approximate surface area is 310 Å². The summed E-state index contributed by atoms with van der Waals surface area (Å²) < 4.78 is 7.02. The molecule has 246 valence electrons. The molecule has 0 unspecified atom stereocenters. The van der Waals surface area contributed by atoms with Gasteiger partial charge in [-0.15, -0.1) is 0 Å². The Balaban J connectivity index is 1.25. The van der Waals surface area contributed by atoms with E-state index in [2.05, 4.69) is 169 Å². The van der Waals surface area contributed by atoms with Crippen LogP contribution in [0.1, 0.15) is 18.1 Å². The molecule has 52 heavy (non-hydrogen) atoms. The van der Waals surface area contributed by atoms with Crippen LogP contribution in [0.15, 0.2) is 160 Å². The van der Waals surface area contributed by atoms with Crippen LogP contribution in [-0.2, 0) is 0 Å². The number of rotatable bonds is 6. The fourth-order valence-electron chi connectivity index (χ4n) is 8.35. The summed E-state index contributed by atoms with van der Waals surface area (Å²) in [6, 6.07) is 44.2. The summed E-state index contributed by atoms with van der Waals surface area (Å²) >= 11 is 3.46. The van der Waals surface area contributed by atoms with Crippen molar-refractivity contribution in [2.75, 3.05) is 0 Å². The number of allylic oxidation sites excluding steroid dienone is 1. The summed E-state index contributed by atoms with van der Waals surface area (Å²) in [4.78, 5) is 0. The van der Waals surface area contributed by atoms with Gasteiger partial charge in [0.05, 0.1) is 0 Å². The van der Waals surface area contributed by atoms with E-state index in [1.54, 1.807) is 22.7 Å². The number of hydrogen-bond donors (Lipinski definition) is 0. The lowest BCUT2D eigenvalue weighted by molar-refractivity contribution is 0.670. The maximum absolute atomic E-state index is 7.02. The molecule has 3 aromatic heterocycles. The maximum Gasteiger partial charge on any atom is 0.143 e. The third kappa shape index (κ3) is 4.60. The van der Waals surface area contributed by atoms with E-state index in [-0.39, 0.29) is 0 Å². The Kier molecular flexibility index (Phi) is 7.31. The van der Waals surface area contributed by atoms with Crippen molar-refractivity contribution in [1.82, 2.24) is 0 Å². The van der Waals surface area contributed by atoms with Crippen molar-refractivity contribution in [3.8, 4) is 44.5 Å². The lowest BCUT2D eigenvalue weighted by Gasteiger charge is -2.19. The molecule has 0 amide bonds. The van der Waals surface area contributed by atoms with Crippen molar-refractivity contribution in [3.05, 3.63) is 167 Å². The molecule has 0 atom stereocenters. The Bertz CT molecular complexity index is 2970. The highest BCUT2D eigenvalue weighted by atomic mass is 32.1. The van der Waals surface area contributed by atoms with Gasteiger partial charge in [-0.05, 0) is 130 Å². The molecular weight excluding hydrogens is 669 g/mol. The fourth-order valence-corrected chi connectivity index (χ4v) is 9.64. The Hall–Kier alpha value is -6.00. The van der Waals surface area contributed by atoms with Crippen molar-refractivity contribution in [2.45, 2.75) is 6.92 Å². The van der Waals surface area contributed by atoms with E-state index in [9.17, 15) is 0 Å². The third-order valence-electron chi connectivity index (χ3n) is 10.4. The van der Waals surface area contributed by atoms with Gasteiger partial charge in [-0.2, -0.15) is 22.7 Å². The molecule has 0 bridgehead atoms. The first-order chi connectivity index (χ1) is 25.7. The summed E-state index contributed by atoms with van der Waals surface area (Å²) in [6.45, 7) is 6.41. The molecule has 0 aliphatic rings.